The Morgan fingerprint density at radius 2 is 1.83 bits per heavy atom. The van der Waals surface area contributed by atoms with Gasteiger partial charge < -0.3 is 10.1 Å². The predicted molar refractivity (Wildman–Crippen MR) is 77.9 cm³/mol. The highest BCUT2D eigenvalue weighted by molar-refractivity contribution is 5.99. The number of carbonyl (C=O) groups excluding carboxylic acids is 1. The second-order valence-electron chi connectivity index (χ2n) is 4.97. The third kappa shape index (κ3) is 2.95. The summed E-state index contributed by atoms with van der Waals surface area (Å²) in [4.78, 5) is 18.7. The highest BCUT2D eigenvalue weighted by atomic mass is 19.4. The molecule has 1 heterocycles. The van der Waals surface area contributed by atoms with E-state index in [9.17, 15) is 18.0 Å². The summed E-state index contributed by atoms with van der Waals surface area (Å²) in [6.07, 6.45) is -4.38. The number of aliphatic hydroxyl groups is 1. The van der Waals surface area contributed by atoms with Crippen LogP contribution in [0, 0.1) is 0 Å². The van der Waals surface area contributed by atoms with Gasteiger partial charge in [0.2, 0.25) is 0 Å². The van der Waals surface area contributed by atoms with Crippen LogP contribution < -0.4 is 0 Å². The number of hydrogen-bond donors (Lipinski definition) is 2. The van der Waals surface area contributed by atoms with Crippen molar-refractivity contribution in [3.8, 4) is 11.4 Å². The molecule has 0 amide bonds. The largest absolute Gasteiger partial charge is 0.416 e. The molecule has 0 saturated carbocycles. The number of fused-ring (bicyclic) bond motifs is 1. The number of benzene rings is 2. The highest BCUT2D eigenvalue weighted by Crippen LogP contribution is 2.30. The van der Waals surface area contributed by atoms with Crippen molar-refractivity contribution < 1.29 is 23.1 Å². The summed E-state index contributed by atoms with van der Waals surface area (Å²) in [6, 6.07) is 9.35. The van der Waals surface area contributed by atoms with Crippen molar-refractivity contribution in [3.63, 3.8) is 0 Å². The molecule has 0 radical (unpaired) electrons. The van der Waals surface area contributed by atoms with Crippen LogP contribution in [-0.4, -0.2) is 27.5 Å². The number of aromatic amines is 1. The molecule has 0 bridgehead atoms. The van der Waals surface area contributed by atoms with Gasteiger partial charge in [0.1, 0.15) is 12.4 Å². The summed E-state index contributed by atoms with van der Waals surface area (Å²) >= 11 is 0. The molecule has 3 rings (SSSR count). The number of nitrogens with one attached hydrogen (secondary N) is 1. The minimum atomic E-state index is -4.38. The van der Waals surface area contributed by atoms with E-state index >= 15 is 0 Å². The Morgan fingerprint density at radius 1 is 1.13 bits per heavy atom. The lowest BCUT2D eigenvalue weighted by Crippen LogP contribution is -2.04. The maximum Gasteiger partial charge on any atom is 0.416 e. The molecule has 0 atom stereocenters. The Hall–Kier alpha value is -2.67. The van der Waals surface area contributed by atoms with Gasteiger partial charge in [-0.1, -0.05) is 12.1 Å². The molecular weight excluding hydrogens is 309 g/mol. The first-order valence-corrected chi connectivity index (χ1v) is 6.70. The molecule has 0 unspecified atom stereocenters. The van der Waals surface area contributed by atoms with Gasteiger partial charge >= 0.3 is 6.18 Å². The molecule has 0 spiro atoms. The van der Waals surface area contributed by atoms with Crippen LogP contribution in [0.15, 0.2) is 42.5 Å². The zero-order valence-electron chi connectivity index (χ0n) is 11.7. The number of imidazole rings is 1. The normalized spacial score (nSPS) is 11.8. The van der Waals surface area contributed by atoms with Gasteiger partial charge in [0.05, 0.1) is 16.6 Å². The van der Waals surface area contributed by atoms with Gasteiger partial charge in [-0.05, 0) is 30.3 Å². The number of ketones is 1. The minimum absolute atomic E-state index is 0.336. The van der Waals surface area contributed by atoms with Crippen molar-refractivity contribution in [2.24, 2.45) is 0 Å². The van der Waals surface area contributed by atoms with E-state index in [-0.39, 0.29) is 0 Å². The summed E-state index contributed by atoms with van der Waals surface area (Å²) < 4.78 is 37.7. The van der Waals surface area contributed by atoms with E-state index in [1.165, 1.54) is 18.2 Å². The standard InChI is InChI=1S/C16H11F3N2O2/c17-16(18,19)11-4-1-9(2-5-11)15-20-12-6-3-10(14(23)8-22)7-13(12)21-15/h1-7,22H,8H2,(H,20,21). The van der Waals surface area contributed by atoms with E-state index in [1.807, 2.05) is 0 Å². The van der Waals surface area contributed by atoms with Crippen molar-refractivity contribution >= 4 is 16.8 Å². The molecule has 0 aliphatic carbocycles. The number of aliphatic hydroxyl groups excluding tert-OH is 1. The molecule has 2 aromatic carbocycles. The molecule has 0 aliphatic heterocycles. The van der Waals surface area contributed by atoms with E-state index in [1.54, 1.807) is 12.1 Å². The van der Waals surface area contributed by atoms with Crippen LogP contribution in [0.5, 0.6) is 0 Å². The summed E-state index contributed by atoms with van der Waals surface area (Å²) in [6.45, 7) is -0.592. The number of Topliss-reactive ketones (excluding diaryl/α,β-unsaturated/α-hetero) is 1. The molecule has 0 fully saturated rings. The van der Waals surface area contributed by atoms with E-state index < -0.39 is 24.1 Å². The highest BCUT2D eigenvalue weighted by Gasteiger charge is 2.30. The fraction of sp³-hybridized carbons (Fsp3) is 0.125. The second-order valence-corrected chi connectivity index (χ2v) is 4.97. The quantitative estimate of drug-likeness (QED) is 0.727. The summed E-state index contributed by atoms with van der Waals surface area (Å²) in [5, 5.41) is 8.87. The van der Waals surface area contributed by atoms with Gasteiger partial charge in [-0.3, -0.25) is 4.79 Å². The molecule has 118 valence electrons. The lowest BCUT2D eigenvalue weighted by molar-refractivity contribution is -0.137. The molecule has 23 heavy (non-hydrogen) atoms. The van der Waals surface area contributed by atoms with Gasteiger partial charge in [-0.25, -0.2) is 4.98 Å². The van der Waals surface area contributed by atoms with Crippen LogP contribution in [0.3, 0.4) is 0 Å². The first kappa shape index (κ1) is 15.2. The maximum absolute atomic E-state index is 12.6. The van der Waals surface area contributed by atoms with Gasteiger partial charge in [0.15, 0.2) is 5.78 Å². The Balaban J connectivity index is 1.98. The zero-order valence-corrected chi connectivity index (χ0v) is 11.7. The zero-order chi connectivity index (χ0) is 16.6. The molecule has 7 heteroatoms. The number of nitrogens with zero attached hydrogens (tertiary/aromatic N) is 1. The number of alkyl halides is 3. The van der Waals surface area contributed by atoms with Crippen LogP contribution in [0.25, 0.3) is 22.4 Å². The second kappa shape index (κ2) is 5.51. The monoisotopic (exact) mass is 320 g/mol. The van der Waals surface area contributed by atoms with Crippen molar-refractivity contribution in [3.05, 3.63) is 53.6 Å². The molecule has 3 aromatic rings. The van der Waals surface area contributed by atoms with E-state index in [4.69, 9.17) is 5.11 Å². The molecule has 1 aromatic heterocycles. The predicted octanol–water partition coefficient (Wildman–Crippen LogP) is 3.42. The SMILES string of the molecule is O=C(CO)c1ccc2nc(-c3ccc(C(F)(F)F)cc3)[nH]c2c1. The van der Waals surface area contributed by atoms with E-state index in [0.29, 0.717) is 28.0 Å². The maximum atomic E-state index is 12.6. The Bertz CT molecular complexity index is 867. The Labute approximate surface area is 128 Å². The molecule has 4 nitrogen and oxygen atoms in total. The number of rotatable bonds is 3. The average Bonchev–Trinajstić information content (AvgIpc) is 2.96. The first-order valence-electron chi connectivity index (χ1n) is 6.70. The smallest absolute Gasteiger partial charge is 0.388 e. The van der Waals surface area contributed by atoms with Gasteiger partial charge in [-0.2, -0.15) is 13.2 Å². The van der Waals surface area contributed by atoms with Crippen molar-refractivity contribution in [2.45, 2.75) is 6.18 Å². The number of carbonyl (C=O) groups is 1. The topological polar surface area (TPSA) is 66.0 Å². The van der Waals surface area contributed by atoms with E-state index in [0.717, 1.165) is 12.1 Å². The van der Waals surface area contributed by atoms with Crippen LogP contribution in [-0.2, 0) is 6.18 Å². The van der Waals surface area contributed by atoms with Gasteiger partial charge in [0, 0.05) is 11.1 Å². The Kier molecular flexibility index (Phi) is 3.65. The number of H-pyrrole nitrogens is 1. The summed E-state index contributed by atoms with van der Waals surface area (Å²) in [7, 11) is 0. The minimum Gasteiger partial charge on any atom is -0.388 e. The van der Waals surface area contributed by atoms with Crippen molar-refractivity contribution in [2.75, 3.05) is 6.61 Å². The van der Waals surface area contributed by atoms with Gasteiger partial charge in [0.25, 0.3) is 0 Å². The van der Waals surface area contributed by atoms with Crippen LogP contribution in [0.1, 0.15) is 15.9 Å². The molecule has 0 aliphatic rings. The van der Waals surface area contributed by atoms with E-state index in [2.05, 4.69) is 9.97 Å². The fourth-order valence-electron chi connectivity index (χ4n) is 2.23. The number of halogens is 3. The summed E-state index contributed by atoms with van der Waals surface area (Å²) in [5.41, 5.74) is 1.26. The molecule has 0 saturated heterocycles. The third-order valence-electron chi connectivity index (χ3n) is 3.43. The number of hydrogen-bond acceptors (Lipinski definition) is 3. The van der Waals surface area contributed by atoms with Crippen LogP contribution in [0.2, 0.25) is 0 Å². The average molecular weight is 320 g/mol. The summed E-state index contributed by atoms with van der Waals surface area (Å²) in [5.74, 6) is -0.0140. The van der Waals surface area contributed by atoms with Gasteiger partial charge in [-0.15, -0.1) is 0 Å². The fourth-order valence-corrected chi connectivity index (χ4v) is 2.23. The third-order valence-corrected chi connectivity index (χ3v) is 3.43. The molecular formula is C16H11F3N2O2. The number of aromatic nitrogens is 2. The molecule has 2 N–H and O–H groups in total. The van der Waals surface area contributed by atoms with Crippen molar-refractivity contribution in [1.82, 2.24) is 9.97 Å². The Morgan fingerprint density at radius 3 is 2.43 bits per heavy atom. The van der Waals surface area contributed by atoms with Crippen molar-refractivity contribution in [1.29, 1.82) is 0 Å². The first-order chi connectivity index (χ1) is 10.9. The van der Waals surface area contributed by atoms with Crippen LogP contribution in [0.4, 0.5) is 13.2 Å². The lowest BCUT2D eigenvalue weighted by atomic mass is 10.1. The van der Waals surface area contributed by atoms with Crippen LogP contribution >= 0.6 is 0 Å². The lowest BCUT2D eigenvalue weighted by Gasteiger charge is -2.06.